The molecule has 2 heterocycles. The molecule has 35 heavy (non-hydrogen) atoms. The van der Waals surface area contributed by atoms with Crippen LogP contribution in [0.2, 0.25) is 5.02 Å². The van der Waals surface area contributed by atoms with Gasteiger partial charge in [0.15, 0.2) is 0 Å². The summed E-state index contributed by atoms with van der Waals surface area (Å²) >= 11 is 5.83. The van der Waals surface area contributed by atoms with Crippen LogP contribution in [0.5, 0.6) is 5.75 Å². The maximum absolute atomic E-state index is 14.2. The summed E-state index contributed by atoms with van der Waals surface area (Å²) in [5.41, 5.74) is 0.401. The third-order valence-corrected chi connectivity index (χ3v) is 6.58. The van der Waals surface area contributed by atoms with Gasteiger partial charge in [0, 0.05) is 36.9 Å². The van der Waals surface area contributed by atoms with Crippen LogP contribution < -0.4 is 14.6 Å². The molecule has 0 bridgehead atoms. The van der Waals surface area contributed by atoms with Gasteiger partial charge in [-0.3, -0.25) is 5.01 Å². The number of alkyl halides is 3. The van der Waals surface area contributed by atoms with Crippen molar-refractivity contribution in [2.24, 2.45) is 11.0 Å². The van der Waals surface area contributed by atoms with E-state index in [4.69, 9.17) is 16.3 Å². The number of benzene rings is 2. The second-order valence-corrected chi connectivity index (χ2v) is 8.92. The molecule has 1 saturated heterocycles. The maximum atomic E-state index is 14.2. The molecule has 0 spiro atoms. The van der Waals surface area contributed by atoms with Crippen molar-refractivity contribution in [3.63, 3.8) is 0 Å². The van der Waals surface area contributed by atoms with E-state index in [0.717, 1.165) is 12.8 Å². The number of rotatable bonds is 5. The molecule has 1 fully saturated rings. The van der Waals surface area contributed by atoms with Crippen molar-refractivity contribution in [1.29, 1.82) is 0 Å². The lowest BCUT2D eigenvalue weighted by molar-refractivity contribution is -0.0620. The summed E-state index contributed by atoms with van der Waals surface area (Å²) in [6.07, 6.45) is -2.45. The highest BCUT2D eigenvalue weighted by Gasteiger charge is 2.47. The lowest BCUT2D eigenvalue weighted by atomic mass is 9.95. The smallest absolute Gasteiger partial charge is 0.431 e. The Morgan fingerprint density at radius 2 is 1.69 bits per heavy atom. The number of halogens is 5. The van der Waals surface area contributed by atoms with Crippen molar-refractivity contribution in [2.45, 2.75) is 65.3 Å². The summed E-state index contributed by atoms with van der Waals surface area (Å²) in [5.74, 6) is -0.382. The molecule has 9 heteroatoms. The Labute approximate surface area is 209 Å². The van der Waals surface area contributed by atoms with Gasteiger partial charge in [0.1, 0.15) is 23.4 Å². The van der Waals surface area contributed by atoms with Gasteiger partial charge >= 0.3 is 6.18 Å². The monoisotopic (exact) mass is 513 g/mol. The first-order valence-corrected chi connectivity index (χ1v) is 12.5. The average molecular weight is 514 g/mol. The molecule has 2 aliphatic heterocycles. The van der Waals surface area contributed by atoms with Crippen LogP contribution >= 0.6 is 11.6 Å². The van der Waals surface area contributed by atoms with Crippen molar-refractivity contribution >= 4 is 28.7 Å². The SMILES string of the molecule is CC.CC[C@H]1C(C)C(C(F)(F)F)=NN1c1ccc(OC2CCN(c3ccc(Cl)cc3F)CC2)cc1. The van der Waals surface area contributed by atoms with E-state index in [9.17, 15) is 17.6 Å². The van der Waals surface area contributed by atoms with E-state index < -0.39 is 17.8 Å². The van der Waals surface area contributed by atoms with E-state index >= 15 is 0 Å². The molecule has 0 aromatic heterocycles. The van der Waals surface area contributed by atoms with Crippen molar-refractivity contribution in [3.05, 3.63) is 53.3 Å². The van der Waals surface area contributed by atoms with Crippen LogP contribution in [0.3, 0.4) is 0 Å². The second-order valence-electron chi connectivity index (χ2n) is 8.49. The van der Waals surface area contributed by atoms with Crippen LogP contribution in [0.4, 0.5) is 28.9 Å². The molecule has 2 aromatic rings. The normalized spacial score (nSPS) is 20.9. The lowest BCUT2D eigenvalue weighted by Gasteiger charge is -2.34. The summed E-state index contributed by atoms with van der Waals surface area (Å²) in [7, 11) is 0. The third-order valence-electron chi connectivity index (χ3n) is 6.34. The average Bonchev–Trinajstić information content (AvgIpc) is 3.18. The third kappa shape index (κ3) is 6.21. The number of nitrogens with zero attached hydrogens (tertiary/aromatic N) is 3. The number of ether oxygens (including phenoxy) is 1. The van der Waals surface area contributed by atoms with E-state index in [0.29, 0.717) is 41.7 Å². The summed E-state index contributed by atoms with van der Waals surface area (Å²) in [5, 5.41) is 5.73. The Morgan fingerprint density at radius 1 is 1.06 bits per heavy atom. The van der Waals surface area contributed by atoms with Gasteiger partial charge in [-0.2, -0.15) is 18.3 Å². The standard InChI is InChI=1S/C24H26ClF4N3O.C2H6/c1-3-21-15(2)23(24(27,28)29)30-32(21)17-5-7-18(8-6-17)33-19-10-12-31(13-11-19)22-9-4-16(25)14-20(22)26;1-2/h4-9,14-15,19,21H,3,10-13H2,1-2H3;1-2H3/t15?,21-;/m0./s1. The van der Waals surface area contributed by atoms with Gasteiger partial charge < -0.3 is 9.64 Å². The van der Waals surface area contributed by atoms with Crippen LogP contribution in [0, 0.1) is 11.7 Å². The molecule has 4 nitrogen and oxygen atoms in total. The molecular weight excluding hydrogens is 482 g/mol. The zero-order valence-electron chi connectivity index (χ0n) is 20.4. The molecule has 0 saturated carbocycles. The van der Waals surface area contributed by atoms with Gasteiger partial charge in [0.25, 0.3) is 0 Å². The Hall–Kier alpha value is -2.48. The van der Waals surface area contributed by atoms with Crippen LogP contribution in [-0.2, 0) is 0 Å². The van der Waals surface area contributed by atoms with E-state index in [2.05, 4.69) is 5.10 Å². The molecule has 0 amide bonds. The minimum Gasteiger partial charge on any atom is -0.490 e. The fourth-order valence-corrected chi connectivity index (χ4v) is 4.75. The van der Waals surface area contributed by atoms with Gasteiger partial charge in [-0.1, -0.05) is 39.3 Å². The molecule has 2 atom stereocenters. The predicted octanol–water partition coefficient (Wildman–Crippen LogP) is 7.71. The fourth-order valence-electron chi connectivity index (χ4n) is 4.59. The van der Waals surface area contributed by atoms with E-state index in [1.165, 1.54) is 11.1 Å². The van der Waals surface area contributed by atoms with Crippen LogP contribution in [0.15, 0.2) is 47.6 Å². The summed E-state index contributed by atoms with van der Waals surface area (Å²) in [6, 6.07) is 11.3. The topological polar surface area (TPSA) is 28.1 Å². The molecule has 1 unspecified atom stereocenters. The minimum absolute atomic E-state index is 0.0208. The Balaban J connectivity index is 0.00000167. The first-order valence-electron chi connectivity index (χ1n) is 12.1. The highest BCUT2D eigenvalue weighted by molar-refractivity contribution is 6.30. The van der Waals surface area contributed by atoms with Crippen molar-refractivity contribution in [1.82, 2.24) is 0 Å². The minimum atomic E-state index is -4.44. The molecule has 2 aromatic carbocycles. The Bertz CT molecular complexity index is 1000. The Kier molecular flexibility index (Phi) is 8.91. The molecule has 4 rings (SSSR count). The molecule has 0 aliphatic carbocycles. The highest BCUT2D eigenvalue weighted by Crippen LogP contribution is 2.37. The molecular formula is C26H32ClF4N3O. The number of hydrogen-bond donors (Lipinski definition) is 0. The quantitative estimate of drug-likeness (QED) is 0.383. The summed E-state index contributed by atoms with van der Waals surface area (Å²) in [6.45, 7) is 8.74. The highest BCUT2D eigenvalue weighted by atomic mass is 35.5. The Morgan fingerprint density at radius 3 is 2.23 bits per heavy atom. The van der Waals surface area contributed by atoms with Crippen LogP contribution in [0.1, 0.15) is 47.0 Å². The summed E-state index contributed by atoms with van der Waals surface area (Å²) < 4.78 is 60.2. The van der Waals surface area contributed by atoms with E-state index in [1.807, 2.05) is 25.7 Å². The molecule has 0 N–H and O–H groups in total. The number of hydrazone groups is 1. The first kappa shape index (κ1) is 27.1. The summed E-state index contributed by atoms with van der Waals surface area (Å²) in [4.78, 5) is 1.98. The zero-order valence-corrected chi connectivity index (χ0v) is 21.2. The predicted molar refractivity (Wildman–Crippen MR) is 134 cm³/mol. The number of hydrogen-bond acceptors (Lipinski definition) is 4. The number of piperidine rings is 1. The van der Waals surface area contributed by atoms with E-state index in [1.54, 1.807) is 43.3 Å². The lowest BCUT2D eigenvalue weighted by Crippen LogP contribution is -2.38. The first-order chi connectivity index (χ1) is 16.7. The van der Waals surface area contributed by atoms with Gasteiger partial charge in [-0.25, -0.2) is 4.39 Å². The van der Waals surface area contributed by atoms with E-state index in [-0.39, 0.29) is 18.0 Å². The number of anilines is 2. The van der Waals surface area contributed by atoms with Gasteiger partial charge in [0.05, 0.1) is 17.4 Å². The molecule has 0 radical (unpaired) electrons. The van der Waals surface area contributed by atoms with Crippen molar-refractivity contribution in [3.8, 4) is 5.75 Å². The molecule has 192 valence electrons. The second kappa shape index (κ2) is 11.5. The van der Waals surface area contributed by atoms with Crippen LogP contribution in [0.25, 0.3) is 0 Å². The van der Waals surface area contributed by atoms with Crippen LogP contribution in [-0.4, -0.2) is 37.1 Å². The largest absolute Gasteiger partial charge is 0.490 e. The van der Waals surface area contributed by atoms with Gasteiger partial charge in [0.2, 0.25) is 0 Å². The fraction of sp³-hybridized carbons (Fsp3) is 0.500. The maximum Gasteiger partial charge on any atom is 0.431 e. The van der Waals surface area contributed by atoms with Crippen molar-refractivity contribution in [2.75, 3.05) is 23.0 Å². The zero-order chi connectivity index (χ0) is 25.8. The van der Waals surface area contributed by atoms with Gasteiger partial charge in [-0.15, -0.1) is 0 Å². The molecule has 2 aliphatic rings. The van der Waals surface area contributed by atoms with Gasteiger partial charge in [-0.05, 0) is 48.9 Å². The van der Waals surface area contributed by atoms with Crippen molar-refractivity contribution < 1.29 is 22.3 Å².